The first-order chi connectivity index (χ1) is 19.3. The molecule has 2 unspecified atom stereocenters. The van der Waals surface area contributed by atoms with Crippen molar-refractivity contribution >= 4 is 22.7 Å². The molecule has 216 valence electrons. The van der Waals surface area contributed by atoms with Crippen LogP contribution < -0.4 is 5.32 Å². The van der Waals surface area contributed by atoms with Crippen molar-refractivity contribution in [3.05, 3.63) is 76.2 Å². The van der Waals surface area contributed by atoms with E-state index in [0.717, 1.165) is 11.6 Å². The zero-order chi connectivity index (χ0) is 29.3. The van der Waals surface area contributed by atoms with Crippen LogP contribution in [0.4, 0.5) is 17.6 Å². The highest BCUT2D eigenvalue weighted by molar-refractivity contribution is 6.01. The lowest BCUT2D eigenvalue weighted by Crippen LogP contribution is -2.56. The van der Waals surface area contributed by atoms with Crippen LogP contribution in [-0.2, 0) is 27.8 Å². The lowest BCUT2D eigenvalue weighted by molar-refractivity contribution is -0.138. The minimum atomic E-state index is -4.39. The van der Waals surface area contributed by atoms with Crippen LogP contribution in [0.1, 0.15) is 79.3 Å². The van der Waals surface area contributed by atoms with Gasteiger partial charge in [0.2, 0.25) is 11.8 Å². The first-order valence-corrected chi connectivity index (χ1v) is 13.9. The molecule has 2 aliphatic heterocycles. The van der Waals surface area contributed by atoms with Gasteiger partial charge in [0.25, 0.3) is 0 Å². The molecule has 1 aromatic heterocycles. The Morgan fingerprint density at radius 2 is 1.85 bits per heavy atom. The van der Waals surface area contributed by atoms with Crippen molar-refractivity contribution in [2.75, 3.05) is 13.1 Å². The molecule has 3 aromatic rings. The molecule has 6 rings (SSSR count). The fraction of sp³-hybridized carbons (Fsp3) is 0.452. The Labute approximate surface area is 234 Å². The number of hydrogen-bond acceptors (Lipinski definition) is 5. The Balaban J connectivity index is 1.29. The SMILES string of the molecule is CC1(C)CN(C2CCc3cc(C(F)(F)F)ccc32)CC[C@]1(O)c1ccc2ncc(C3CCC(=O)NC3=O)cc2c1F. The number of aryl methyl sites for hydroxylation is 1. The van der Waals surface area contributed by atoms with E-state index in [4.69, 9.17) is 0 Å². The maximum atomic E-state index is 16.2. The van der Waals surface area contributed by atoms with Gasteiger partial charge < -0.3 is 5.11 Å². The highest BCUT2D eigenvalue weighted by atomic mass is 19.4. The molecule has 0 bridgehead atoms. The molecular formula is C31H31F4N3O3. The van der Waals surface area contributed by atoms with Crippen molar-refractivity contribution in [2.45, 2.75) is 69.7 Å². The maximum absolute atomic E-state index is 16.2. The van der Waals surface area contributed by atoms with E-state index in [9.17, 15) is 27.9 Å². The number of benzene rings is 2. The minimum Gasteiger partial charge on any atom is -0.384 e. The summed E-state index contributed by atoms with van der Waals surface area (Å²) in [6, 6.07) is 8.67. The molecule has 41 heavy (non-hydrogen) atoms. The molecule has 2 aromatic carbocycles. The number of imide groups is 1. The van der Waals surface area contributed by atoms with Crippen molar-refractivity contribution in [3.8, 4) is 0 Å². The third-order valence-electron chi connectivity index (χ3n) is 9.34. The molecule has 1 aliphatic carbocycles. The molecule has 2 saturated heterocycles. The van der Waals surface area contributed by atoms with Gasteiger partial charge in [0, 0.05) is 48.1 Å². The topological polar surface area (TPSA) is 82.5 Å². The summed E-state index contributed by atoms with van der Waals surface area (Å²) in [6.45, 7) is 4.62. The molecule has 0 saturated carbocycles. The minimum absolute atomic E-state index is 0.0714. The molecule has 3 aliphatic rings. The van der Waals surface area contributed by atoms with E-state index < -0.39 is 40.4 Å². The zero-order valence-corrected chi connectivity index (χ0v) is 22.8. The van der Waals surface area contributed by atoms with Crippen molar-refractivity contribution < 1.29 is 32.3 Å². The van der Waals surface area contributed by atoms with Crippen LogP contribution >= 0.6 is 0 Å². The number of carbonyl (C=O) groups excluding carboxylic acids is 2. The van der Waals surface area contributed by atoms with Crippen LogP contribution in [0.15, 0.2) is 42.6 Å². The fourth-order valence-electron chi connectivity index (χ4n) is 6.98. The average Bonchev–Trinajstić information content (AvgIpc) is 3.33. The number of pyridine rings is 1. The Morgan fingerprint density at radius 3 is 2.56 bits per heavy atom. The number of halogens is 4. The summed E-state index contributed by atoms with van der Waals surface area (Å²) in [5.74, 6) is -1.98. The van der Waals surface area contributed by atoms with E-state index in [0.29, 0.717) is 49.0 Å². The number of nitrogens with zero attached hydrogens (tertiary/aromatic N) is 2. The van der Waals surface area contributed by atoms with Crippen LogP contribution in [0.3, 0.4) is 0 Å². The van der Waals surface area contributed by atoms with Gasteiger partial charge >= 0.3 is 6.18 Å². The third-order valence-corrected chi connectivity index (χ3v) is 9.34. The van der Waals surface area contributed by atoms with Crippen LogP contribution in [0.25, 0.3) is 10.9 Å². The maximum Gasteiger partial charge on any atom is 0.416 e. The lowest BCUT2D eigenvalue weighted by atomic mass is 9.66. The quantitative estimate of drug-likeness (QED) is 0.321. The van der Waals surface area contributed by atoms with Crippen LogP contribution in [0.2, 0.25) is 0 Å². The first kappa shape index (κ1) is 27.8. The van der Waals surface area contributed by atoms with Crippen LogP contribution in [-0.4, -0.2) is 39.9 Å². The van der Waals surface area contributed by atoms with Crippen LogP contribution in [0.5, 0.6) is 0 Å². The summed E-state index contributed by atoms with van der Waals surface area (Å²) in [7, 11) is 0. The molecule has 0 spiro atoms. The highest BCUT2D eigenvalue weighted by Crippen LogP contribution is 2.50. The first-order valence-electron chi connectivity index (χ1n) is 13.9. The highest BCUT2D eigenvalue weighted by Gasteiger charge is 2.51. The number of likely N-dealkylation sites (tertiary alicyclic amines) is 1. The summed E-state index contributed by atoms with van der Waals surface area (Å²) in [6.07, 6.45) is -0.898. The number of hydrogen-bond donors (Lipinski definition) is 2. The van der Waals surface area contributed by atoms with Crippen molar-refractivity contribution in [1.82, 2.24) is 15.2 Å². The van der Waals surface area contributed by atoms with Crippen LogP contribution in [0, 0.1) is 11.2 Å². The number of amides is 2. The number of piperidine rings is 2. The van der Waals surface area contributed by atoms with Gasteiger partial charge in [-0.25, -0.2) is 4.39 Å². The molecule has 6 nitrogen and oxygen atoms in total. The molecule has 2 amide bonds. The molecule has 2 N–H and O–H groups in total. The van der Waals surface area contributed by atoms with Crippen molar-refractivity contribution in [3.63, 3.8) is 0 Å². The summed E-state index contributed by atoms with van der Waals surface area (Å²) < 4.78 is 55.9. The van der Waals surface area contributed by atoms with Crippen molar-refractivity contribution in [1.29, 1.82) is 0 Å². The predicted molar refractivity (Wildman–Crippen MR) is 143 cm³/mol. The second kappa shape index (κ2) is 9.59. The summed E-state index contributed by atoms with van der Waals surface area (Å²) in [5.41, 5.74) is -0.343. The number of aliphatic hydroxyl groups is 1. The van der Waals surface area contributed by atoms with Gasteiger partial charge in [-0.2, -0.15) is 13.2 Å². The van der Waals surface area contributed by atoms with Gasteiger partial charge in [-0.05, 0) is 66.6 Å². The fourth-order valence-corrected chi connectivity index (χ4v) is 6.98. The average molecular weight is 570 g/mol. The predicted octanol–water partition coefficient (Wildman–Crippen LogP) is 5.52. The van der Waals surface area contributed by atoms with E-state index in [1.165, 1.54) is 12.3 Å². The van der Waals surface area contributed by atoms with Gasteiger partial charge in [-0.15, -0.1) is 0 Å². The second-order valence-electron chi connectivity index (χ2n) is 12.2. The Morgan fingerprint density at radius 1 is 1.07 bits per heavy atom. The normalized spacial score (nSPS) is 26.7. The molecule has 10 heteroatoms. The monoisotopic (exact) mass is 569 g/mol. The molecular weight excluding hydrogens is 538 g/mol. The van der Waals surface area contributed by atoms with E-state index in [1.54, 1.807) is 24.3 Å². The standard InChI is InChI=1S/C31H31F4N3O3/c1-29(2)16-38(25-9-3-17-13-19(31(33,34)35)4-5-20(17)25)12-11-30(29,41)23-7-8-24-22(27(23)32)14-18(15-36-24)21-6-10-26(39)37-28(21)40/h4-5,7-8,13-15,21,25,41H,3,6,9-12,16H2,1-2H3,(H,37,39,40)/t21?,25?,30-/m0/s1. The summed E-state index contributed by atoms with van der Waals surface area (Å²) >= 11 is 0. The second-order valence-corrected chi connectivity index (χ2v) is 12.2. The molecule has 3 heterocycles. The van der Waals surface area contributed by atoms with E-state index >= 15 is 4.39 Å². The zero-order valence-electron chi connectivity index (χ0n) is 22.8. The van der Waals surface area contributed by atoms with Gasteiger partial charge in [0.1, 0.15) is 5.82 Å². The van der Waals surface area contributed by atoms with E-state index in [1.807, 2.05) is 13.8 Å². The smallest absolute Gasteiger partial charge is 0.384 e. The largest absolute Gasteiger partial charge is 0.416 e. The number of aromatic nitrogens is 1. The molecule has 0 radical (unpaired) electrons. The number of nitrogens with one attached hydrogen (secondary N) is 1. The number of fused-ring (bicyclic) bond motifs is 2. The number of rotatable bonds is 3. The van der Waals surface area contributed by atoms with Gasteiger partial charge in [-0.3, -0.25) is 24.8 Å². The number of carbonyl (C=O) groups is 2. The summed E-state index contributed by atoms with van der Waals surface area (Å²) in [4.78, 5) is 30.5. The third kappa shape index (κ3) is 4.61. The molecule has 2 fully saturated rings. The molecule has 3 atom stereocenters. The Hall–Kier alpha value is -3.37. The van der Waals surface area contributed by atoms with E-state index in [-0.39, 0.29) is 35.7 Å². The van der Waals surface area contributed by atoms with Gasteiger partial charge in [-0.1, -0.05) is 26.0 Å². The van der Waals surface area contributed by atoms with E-state index in [2.05, 4.69) is 15.2 Å². The van der Waals surface area contributed by atoms with Gasteiger partial charge in [0.15, 0.2) is 0 Å². The van der Waals surface area contributed by atoms with Gasteiger partial charge in [0.05, 0.1) is 22.6 Å². The Bertz CT molecular complexity index is 1570. The number of alkyl halides is 3. The summed E-state index contributed by atoms with van der Waals surface area (Å²) in [5, 5.41) is 14.6. The lowest BCUT2D eigenvalue weighted by Gasteiger charge is -2.52. The van der Waals surface area contributed by atoms with Crippen molar-refractivity contribution in [2.24, 2.45) is 5.41 Å². The Kier molecular flexibility index (Phi) is 6.50.